The van der Waals surface area contributed by atoms with Gasteiger partial charge in [0.15, 0.2) is 5.82 Å². The van der Waals surface area contributed by atoms with Crippen molar-refractivity contribution in [3.05, 3.63) is 39.6 Å². The zero-order chi connectivity index (χ0) is 20.8. The molecular weight excluding hydrogens is 455 g/mol. The van der Waals surface area contributed by atoms with Gasteiger partial charge in [-0.05, 0) is 28.4 Å². The number of hydrogen-bond donors (Lipinski definition) is 2. The number of pyridine rings is 1. The van der Waals surface area contributed by atoms with Crippen LogP contribution in [0.2, 0.25) is 0 Å². The van der Waals surface area contributed by atoms with Crippen LogP contribution in [0, 0.1) is 11.7 Å². The maximum atomic E-state index is 14.8. The number of aliphatic hydroxyl groups is 1. The number of aliphatic hydroxyl groups excluding tert-OH is 1. The quantitative estimate of drug-likeness (QED) is 0.655. The smallest absolute Gasteiger partial charge is 0.322 e. The monoisotopic (exact) mass is 473 g/mol. The molecule has 0 radical (unpaired) electrons. The summed E-state index contributed by atoms with van der Waals surface area (Å²) < 4.78 is 45.0. The van der Waals surface area contributed by atoms with E-state index in [1.54, 1.807) is 0 Å². The van der Waals surface area contributed by atoms with Gasteiger partial charge in [-0.1, -0.05) is 0 Å². The highest BCUT2D eigenvalue weighted by molar-refractivity contribution is 9.10. The molecule has 4 rings (SSSR count). The van der Waals surface area contributed by atoms with E-state index < -0.39 is 17.8 Å². The number of nitrogens with one attached hydrogen (secondary N) is 1. The van der Waals surface area contributed by atoms with Gasteiger partial charge in [0.1, 0.15) is 10.3 Å². The minimum absolute atomic E-state index is 0.0312. The molecule has 4 heterocycles. The molecule has 0 saturated carbocycles. The molecular formula is C18H19BrF3N5O2. The van der Waals surface area contributed by atoms with Crippen LogP contribution in [0.25, 0.3) is 0 Å². The fourth-order valence-corrected chi connectivity index (χ4v) is 4.17. The molecule has 1 atom stereocenters. The lowest BCUT2D eigenvalue weighted by Crippen LogP contribution is -2.39. The number of amides is 2. The molecule has 2 aromatic heterocycles. The minimum Gasteiger partial charge on any atom is -0.396 e. The molecule has 29 heavy (non-hydrogen) atoms. The van der Waals surface area contributed by atoms with E-state index in [0.717, 1.165) is 0 Å². The first kappa shape index (κ1) is 20.1. The van der Waals surface area contributed by atoms with E-state index in [0.29, 0.717) is 17.7 Å². The molecule has 156 valence electrons. The summed E-state index contributed by atoms with van der Waals surface area (Å²) in [7, 11) is 0. The Morgan fingerprint density at radius 2 is 2.24 bits per heavy atom. The van der Waals surface area contributed by atoms with E-state index in [4.69, 9.17) is 0 Å². The van der Waals surface area contributed by atoms with Gasteiger partial charge >= 0.3 is 6.03 Å². The lowest BCUT2D eigenvalue weighted by molar-refractivity contribution is -0.0226. The van der Waals surface area contributed by atoms with Crippen molar-refractivity contribution in [1.29, 1.82) is 0 Å². The zero-order valence-corrected chi connectivity index (χ0v) is 16.9. The molecule has 0 bridgehead atoms. The Morgan fingerprint density at radius 3 is 3.00 bits per heavy atom. The zero-order valence-electron chi connectivity index (χ0n) is 15.3. The van der Waals surface area contributed by atoms with E-state index in [1.807, 2.05) is 0 Å². The average molecular weight is 474 g/mol. The van der Waals surface area contributed by atoms with Crippen molar-refractivity contribution >= 4 is 27.6 Å². The summed E-state index contributed by atoms with van der Waals surface area (Å²) in [6.07, 6.45) is 1.48. The van der Waals surface area contributed by atoms with E-state index in [-0.39, 0.29) is 61.0 Å². The number of alkyl halides is 2. The fourth-order valence-electron chi connectivity index (χ4n) is 3.84. The van der Waals surface area contributed by atoms with Crippen LogP contribution in [0.5, 0.6) is 0 Å². The van der Waals surface area contributed by atoms with Crippen LogP contribution < -0.4 is 5.32 Å². The van der Waals surface area contributed by atoms with Crippen LogP contribution in [-0.2, 0) is 25.4 Å². The standard InChI is InChI=1S/C18H19BrF3N5O2/c19-16-14(20)13(2-5-23-16)24-17(29)26-6-3-12-11(8-26)15-18(21,22)4-1-10(9-28)7-27(15)25-12/h2,5,10,28H,1,3-4,6-9H2,(H,23,24,29)/t10-/m0/s1. The molecule has 2 amide bonds. The molecule has 2 aliphatic heterocycles. The summed E-state index contributed by atoms with van der Waals surface area (Å²) in [5.41, 5.74) is 0.651. The second-order valence-corrected chi connectivity index (χ2v) is 8.06. The van der Waals surface area contributed by atoms with Crippen LogP contribution in [0.4, 0.5) is 23.7 Å². The van der Waals surface area contributed by atoms with Gasteiger partial charge < -0.3 is 15.3 Å². The van der Waals surface area contributed by atoms with Gasteiger partial charge in [-0.2, -0.15) is 13.9 Å². The number of anilines is 1. The SMILES string of the molecule is O=C(Nc1ccnc(Br)c1F)N1CCc2nn3c(c2C1)C(F)(F)CC[C@H](CO)C3. The van der Waals surface area contributed by atoms with Crippen molar-refractivity contribution in [2.45, 2.75) is 38.3 Å². The number of aromatic nitrogens is 3. The lowest BCUT2D eigenvalue weighted by Gasteiger charge is -2.28. The lowest BCUT2D eigenvalue weighted by atomic mass is 9.98. The van der Waals surface area contributed by atoms with Gasteiger partial charge in [0, 0.05) is 50.2 Å². The number of hydrogen-bond acceptors (Lipinski definition) is 4. The van der Waals surface area contributed by atoms with Crippen molar-refractivity contribution in [2.75, 3.05) is 18.5 Å². The third-order valence-corrected chi connectivity index (χ3v) is 5.93. The van der Waals surface area contributed by atoms with Gasteiger partial charge in [0.05, 0.1) is 17.9 Å². The highest BCUT2D eigenvalue weighted by Gasteiger charge is 2.43. The van der Waals surface area contributed by atoms with Crippen LogP contribution >= 0.6 is 15.9 Å². The van der Waals surface area contributed by atoms with Gasteiger partial charge in [0.25, 0.3) is 5.92 Å². The Labute approximate surface area is 173 Å². The highest BCUT2D eigenvalue weighted by atomic mass is 79.9. The molecule has 0 unspecified atom stereocenters. The first-order valence-electron chi connectivity index (χ1n) is 9.24. The predicted molar refractivity (Wildman–Crippen MR) is 101 cm³/mol. The Morgan fingerprint density at radius 1 is 1.45 bits per heavy atom. The van der Waals surface area contributed by atoms with Crippen molar-refractivity contribution in [2.24, 2.45) is 5.92 Å². The minimum atomic E-state index is -3.09. The summed E-state index contributed by atoms with van der Waals surface area (Å²) in [5.74, 6) is -4.08. The number of urea groups is 1. The van der Waals surface area contributed by atoms with E-state index in [1.165, 1.54) is 21.8 Å². The molecule has 2 aliphatic rings. The number of nitrogens with zero attached hydrogens (tertiary/aromatic N) is 4. The molecule has 0 saturated heterocycles. The Kier molecular flexibility index (Phi) is 5.28. The number of halogens is 4. The highest BCUT2D eigenvalue weighted by Crippen LogP contribution is 2.41. The number of fused-ring (bicyclic) bond motifs is 3. The van der Waals surface area contributed by atoms with E-state index in [9.17, 15) is 23.1 Å². The molecule has 7 nitrogen and oxygen atoms in total. The Balaban J connectivity index is 1.59. The molecule has 0 aliphatic carbocycles. The molecule has 2 aromatic rings. The molecule has 0 fully saturated rings. The van der Waals surface area contributed by atoms with E-state index >= 15 is 0 Å². The normalized spacial score (nSPS) is 20.6. The van der Waals surface area contributed by atoms with Gasteiger partial charge in [-0.3, -0.25) is 4.68 Å². The van der Waals surface area contributed by atoms with Crippen molar-refractivity contribution in [3.8, 4) is 0 Å². The summed E-state index contributed by atoms with van der Waals surface area (Å²) in [4.78, 5) is 17.7. The Hall–Kier alpha value is -2.14. The molecule has 0 aromatic carbocycles. The van der Waals surface area contributed by atoms with Crippen molar-refractivity contribution < 1.29 is 23.1 Å². The van der Waals surface area contributed by atoms with Crippen LogP contribution in [0.3, 0.4) is 0 Å². The summed E-state index contributed by atoms with van der Waals surface area (Å²) in [6.45, 7) is 0.278. The third-order valence-electron chi connectivity index (χ3n) is 5.38. The average Bonchev–Trinajstić information content (AvgIpc) is 3.00. The summed E-state index contributed by atoms with van der Waals surface area (Å²) in [6, 6.07) is 0.737. The number of carbonyl (C=O) groups excluding carboxylic acids is 1. The van der Waals surface area contributed by atoms with E-state index in [2.05, 4.69) is 31.3 Å². The van der Waals surface area contributed by atoms with Gasteiger partial charge in [0.2, 0.25) is 0 Å². The third kappa shape index (κ3) is 3.73. The van der Waals surface area contributed by atoms with Crippen molar-refractivity contribution in [3.63, 3.8) is 0 Å². The molecule has 0 spiro atoms. The summed E-state index contributed by atoms with van der Waals surface area (Å²) >= 11 is 2.96. The molecule has 11 heteroatoms. The van der Waals surface area contributed by atoms with Crippen LogP contribution in [-0.4, -0.2) is 44.0 Å². The maximum Gasteiger partial charge on any atom is 0.322 e. The molecule has 2 N–H and O–H groups in total. The van der Waals surface area contributed by atoms with Gasteiger partial charge in [-0.25, -0.2) is 14.2 Å². The Bertz CT molecular complexity index is 952. The first-order chi connectivity index (χ1) is 13.8. The first-order valence-corrected chi connectivity index (χ1v) is 10.0. The second kappa shape index (κ2) is 7.60. The number of carbonyl (C=O) groups is 1. The topological polar surface area (TPSA) is 83.3 Å². The van der Waals surface area contributed by atoms with Crippen LogP contribution in [0.15, 0.2) is 16.9 Å². The van der Waals surface area contributed by atoms with Crippen molar-refractivity contribution in [1.82, 2.24) is 19.7 Å². The maximum absolute atomic E-state index is 14.8. The second-order valence-electron chi connectivity index (χ2n) is 7.31. The van der Waals surface area contributed by atoms with Gasteiger partial charge in [-0.15, -0.1) is 0 Å². The number of rotatable bonds is 2. The van der Waals surface area contributed by atoms with Crippen LogP contribution in [0.1, 0.15) is 29.8 Å². The fraction of sp³-hybridized carbons (Fsp3) is 0.500. The largest absolute Gasteiger partial charge is 0.396 e. The predicted octanol–water partition coefficient (Wildman–Crippen LogP) is 3.26. The summed E-state index contributed by atoms with van der Waals surface area (Å²) in [5, 5.41) is 16.2.